The van der Waals surface area contributed by atoms with Gasteiger partial charge in [-0.2, -0.15) is 10.2 Å². The van der Waals surface area contributed by atoms with Gasteiger partial charge in [0.15, 0.2) is 5.69 Å². The molecule has 2 aromatic heterocycles. The van der Waals surface area contributed by atoms with Gasteiger partial charge in [0.2, 0.25) is 0 Å². The summed E-state index contributed by atoms with van der Waals surface area (Å²) in [5.41, 5.74) is 1.45. The molecule has 2 heterocycles. The van der Waals surface area contributed by atoms with Crippen molar-refractivity contribution in [1.29, 1.82) is 0 Å². The van der Waals surface area contributed by atoms with E-state index in [2.05, 4.69) is 20.6 Å². The number of aromatic amines is 1. The van der Waals surface area contributed by atoms with Gasteiger partial charge in [0, 0.05) is 11.9 Å². The molecule has 0 unspecified atom stereocenters. The number of carbonyl (C=O) groups excluding carboxylic acids is 1. The Morgan fingerprint density at radius 3 is 2.85 bits per heavy atom. The van der Waals surface area contributed by atoms with Crippen LogP contribution in [0.15, 0.2) is 18.5 Å². The van der Waals surface area contributed by atoms with Crippen LogP contribution in [0.1, 0.15) is 35.9 Å². The zero-order chi connectivity index (χ0) is 14.7. The molecule has 2 aromatic rings. The van der Waals surface area contributed by atoms with E-state index in [1.165, 1.54) is 12.4 Å². The predicted octanol–water partition coefficient (Wildman–Crippen LogP) is 2.25. The normalized spacial score (nSPS) is 11.3. The van der Waals surface area contributed by atoms with E-state index >= 15 is 0 Å². The van der Waals surface area contributed by atoms with Gasteiger partial charge in [0.05, 0.1) is 11.9 Å². The van der Waals surface area contributed by atoms with Crippen LogP contribution in [0.4, 0.5) is 14.5 Å². The number of hydrogen-bond donors (Lipinski definition) is 2. The van der Waals surface area contributed by atoms with Gasteiger partial charge in [-0.05, 0) is 12.0 Å². The van der Waals surface area contributed by atoms with Crippen LogP contribution in [-0.2, 0) is 6.54 Å². The number of nitrogens with one attached hydrogen (secondary N) is 2. The summed E-state index contributed by atoms with van der Waals surface area (Å²) in [7, 11) is 0. The van der Waals surface area contributed by atoms with Crippen molar-refractivity contribution in [3.63, 3.8) is 0 Å². The molecule has 108 valence electrons. The van der Waals surface area contributed by atoms with Crippen molar-refractivity contribution in [2.45, 2.75) is 32.7 Å². The van der Waals surface area contributed by atoms with E-state index < -0.39 is 18.9 Å². The van der Waals surface area contributed by atoms with Gasteiger partial charge in [-0.1, -0.05) is 13.8 Å². The summed E-state index contributed by atoms with van der Waals surface area (Å²) in [5.74, 6) is -0.178. The van der Waals surface area contributed by atoms with Crippen molar-refractivity contribution in [3.8, 4) is 0 Å². The molecule has 2 rings (SSSR count). The lowest BCUT2D eigenvalue weighted by atomic mass is 10.1. The summed E-state index contributed by atoms with van der Waals surface area (Å²) in [5, 5.41) is 13.0. The van der Waals surface area contributed by atoms with Gasteiger partial charge in [-0.3, -0.25) is 14.6 Å². The summed E-state index contributed by atoms with van der Waals surface area (Å²) in [4.78, 5) is 11.9. The smallest absolute Gasteiger partial charge is 0.276 e. The number of amides is 1. The molecular weight excluding hydrogens is 268 g/mol. The molecule has 0 atom stereocenters. The Bertz CT molecular complexity index is 590. The molecule has 6 nitrogen and oxygen atoms in total. The average molecular weight is 283 g/mol. The third-order valence-corrected chi connectivity index (χ3v) is 2.67. The van der Waals surface area contributed by atoms with Crippen molar-refractivity contribution in [3.05, 3.63) is 29.8 Å². The first-order chi connectivity index (χ1) is 9.45. The zero-order valence-electron chi connectivity index (χ0n) is 11.1. The summed E-state index contributed by atoms with van der Waals surface area (Å²) in [6, 6.07) is 1.66. The maximum absolute atomic E-state index is 12.2. The lowest BCUT2D eigenvalue weighted by molar-refractivity contribution is 0.102. The number of aromatic nitrogens is 4. The molecule has 0 spiro atoms. The lowest BCUT2D eigenvalue weighted by Crippen LogP contribution is -2.12. The minimum Gasteiger partial charge on any atom is -0.318 e. The van der Waals surface area contributed by atoms with E-state index in [-0.39, 0.29) is 11.6 Å². The molecular formula is C12H15F2N5O. The molecule has 0 aromatic carbocycles. The van der Waals surface area contributed by atoms with E-state index in [0.29, 0.717) is 5.69 Å². The van der Waals surface area contributed by atoms with Gasteiger partial charge in [0.25, 0.3) is 12.3 Å². The maximum atomic E-state index is 12.2. The Labute approximate surface area is 114 Å². The highest BCUT2D eigenvalue weighted by Crippen LogP contribution is 2.13. The van der Waals surface area contributed by atoms with Crippen molar-refractivity contribution < 1.29 is 13.6 Å². The number of hydrogen-bond acceptors (Lipinski definition) is 3. The van der Waals surface area contributed by atoms with Gasteiger partial charge in [-0.25, -0.2) is 8.78 Å². The van der Waals surface area contributed by atoms with Crippen LogP contribution in [0.25, 0.3) is 0 Å². The van der Waals surface area contributed by atoms with Crippen LogP contribution < -0.4 is 5.32 Å². The first-order valence-corrected chi connectivity index (χ1v) is 6.13. The topological polar surface area (TPSA) is 75.6 Å². The molecule has 1 amide bonds. The maximum Gasteiger partial charge on any atom is 0.276 e. The second kappa shape index (κ2) is 5.81. The molecule has 0 bridgehead atoms. The zero-order valence-corrected chi connectivity index (χ0v) is 11.1. The molecule has 0 fully saturated rings. The van der Waals surface area contributed by atoms with Crippen LogP contribution in [0.2, 0.25) is 0 Å². The Kier molecular flexibility index (Phi) is 4.11. The second-order valence-corrected chi connectivity index (χ2v) is 4.66. The summed E-state index contributed by atoms with van der Waals surface area (Å²) in [6.45, 7) is 3.45. The third kappa shape index (κ3) is 3.40. The molecule has 0 aliphatic heterocycles. The highest BCUT2D eigenvalue weighted by atomic mass is 19.3. The number of H-pyrrole nitrogens is 1. The third-order valence-electron chi connectivity index (χ3n) is 2.67. The summed E-state index contributed by atoms with van der Waals surface area (Å²) < 4.78 is 25.4. The Balaban J connectivity index is 2.01. The van der Waals surface area contributed by atoms with E-state index in [9.17, 15) is 13.6 Å². The number of anilines is 1. The number of nitrogens with zero attached hydrogens (tertiary/aromatic N) is 3. The molecule has 8 heteroatoms. The molecule has 0 aliphatic carbocycles. The van der Waals surface area contributed by atoms with Gasteiger partial charge in [-0.15, -0.1) is 0 Å². The minimum absolute atomic E-state index is 0.234. The first kappa shape index (κ1) is 14.2. The number of halogens is 2. The molecule has 2 N–H and O–H groups in total. The monoisotopic (exact) mass is 283 g/mol. The lowest BCUT2D eigenvalue weighted by Gasteiger charge is -1.99. The van der Waals surface area contributed by atoms with Crippen LogP contribution in [0, 0.1) is 0 Å². The number of alkyl halides is 2. The minimum atomic E-state index is -2.49. The predicted molar refractivity (Wildman–Crippen MR) is 68.9 cm³/mol. The number of rotatable bonds is 5. The van der Waals surface area contributed by atoms with Crippen molar-refractivity contribution in [2.24, 2.45) is 0 Å². The molecule has 20 heavy (non-hydrogen) atoms. The van der Waals surface area contributed by atoms with Crippen molar-refractivity contribution >= 4 is 11.6 Å². The molecule has 0 saturated heterocycles. The highest BCUT2D eigenvalue weighted by molar-refractivity contribution is 6.02. The Hall–Kier alpha value is -2.25. The van der Waals surface area contributed by atoms with Crippen LogP contribution in [0.3, 0.4) is 0 Å². The molecule has 0 radical (unpaired) electrons. The fourth-order valence-electron chi connectivity index (χ4n) is 1.61. The van der Waals surface area contributed by atoms with E-state index in [1.54, 1.807) is 6.07 Å². The average Bonchev–Trinajstić information content (AvgIpc) is 2.97. The van der Waals surface area contributed by atoms with E-state index in [0.717, 1.165) is 10.4 Å². The van der Waals surface area contributed by atoms with Gasteiger partial charge in [0.1, 0.15) is 6.54 Å². The number of carbonyl (C=O) groups is 1. The van der Waals surface area contributed by atoms with Gasteiger partial charge >= 0.3 is 0 Å². The molecule has 0 aliphatic rings. The SMILES string of the molecule is CC(C)c1cc(C(=O)Nc2cnn(CC(F)F)c2)n[nH]1. The fraction of sp³-hybridized carbons (Fsp3) is 0.417. The second-order valence-electron chi connectivity index (χ2n) is 4.66. The van der Waals surface area contributed by atoms with Crippen molar-refractivity contribution in [2.75, 3.05) is 5.32 Å². The fourth-order valence-corrected chi connectivity index (χ4v) is 1.61. The highest BCUT2D eigenvalue weighted by Gasteiger charge is 2.13. The largest absolute Gasteiger partial charge is 0.318 e. The summed E-state index contributed by atoms with van der Waals surface area (Å²) >= 11 is 0. The standard InChI is InChI=1S/C12H15F2N5O/c1-7(2)9-3-10(18-17-9)12(20)16-8-4-15-19(5-8)6-11(13)14/h3-5,7,11H,6H2,1-2H3,(H,16,20)(H,17,18). The van der Waals surface area contributed by atoms with E-state index in [4.69, 9.17) is 0 Å². The first-order valence-electron chi connectivity index (χ1n) is 6.13. The quantitative estimate of drug-likeness (QED) is 0.883. The van der Waals surface area contributed by atoms with Crippen molar-refractivity contribution in [1.82, 2.24) is 20.0 Å². The van der Waals surface area contributed by atoms with Crippen LogP contribution >= 0.6 is 0 Å². The van der Waals surface area contributed by atoms with Crippen LogP contribution in [-0.4, -0.2) is 32.3 Å². The summed E-state index contributed by atoms with van der Waals surface area (Å²) in [6.07, 6.45) is 0.175. The van der Waals surface area contributed by atoms with Crippen LogP contribution in [0.5, 0.6) is 0 Å². The van der Waals surface area contributed by atoms with E-state index in [1.807, 2.05) is 13.8 Å². The Morgan fingerprint density at radius 2 is 2.25 bits per heavy atom. The Morgan fingerprint density at radius 1 is 1.50 bits per heavy atom. The van der Waals surface area contributed by atoms with Gasteiger partial charge < -0.3 is 5.32 Å². The molecule has 0 saturated carbocycles.